The van der Waals surface area contributed by atoms with Gasteiger partial charge in [-0.3, -0.25) is 4.99 Å². The molecule has 0 aromatic carbocycles. The fourth-order valence-electron chi connectivity index (χ4n) is 1.85. The van der Waals surface area contributed by atoms with E-state index in [1.54, 1.807) is 7.11 Å². The van der Waals surface area contributed by atoms with Gasteiger partial charge in [-0.05, 0) is 6.92 Å². The molecular weight excluding hydrogens is 333 g/mol. The van der Waals surface area contributed by atoms with Crippen molar-refractivity contribution in [1.29, 1.82) is 0 Å². The molecule has 0 aromatic rings. The van der Waals surface area contributed by atoms with Gasteiger partial charge in [0.2, 0.25) is 0 Å². The molecule has 0 amide bonds. The third-order valence-electron chi connectivity index (χ3n) is 2.47. The van der Waals surface area contributed by atoms with Crippen molar-refractivity contribution >= 4 is 29.9 Å². The molecule has 1 aliphatic heterocycles. The fourth-order valence-corrected chi connectivity index (χ4v) is 1.85. The second kappa shape index (κ2) is 8.93. The van der Waals surface area contributed by atoms with Crippen LogP contribution in [0.4, 0.5) is 0 Å². The van der Waals surface area contributed by atoms with Gasteiger partial charge in [0.1, 0.15) is 0 Å². The van der Waals surface area contributed by atoms with E-state index in [9.17, 15) is 0 Å². The Morgan fingerprint density at radius 3 is 2.76 bits per heavy atom. The van der Waals surface area contributed by atoms with Crippen LogP contribution in [0.1, 0.15) is 6.92 Å². The van der Waals surface area contributed by atoms with Gasteiger partial charge in [-0.2, -0.15) is 0 Å². The standard InChI is InChI=1S/C11H23N3O2.HI/c1-5-12-11(13(2)3)14-6-7-16-10(8-14)9-15-4;/h10H,5-9H2,1-4H3;1H. The topological polar surface area (TPSA) is 37.3 Å². The summed E-state index contributed by atoms with van der Waals surface area (Å²) in [5.41, 5.74) is 0. The van der Waals surface area contributed by atoms with E-state index in [0.29, 0.717) is 6.61 Å². The number of guanidine groups is 1. The van der Waals surface area contributed by atoms with Crippen LogP contribution in [-0.4, -0.2) is 75.9 Å². The lowest BCUT2D eigenvalue weighted by Crippen LogP contribution is -2.51. The average Bonchev–Trinajstić information content (AvgIpc) is 2.26. The van der Waals surface area contributed by atoms with Crippen molar-refractivity contribution in [1.82, 2.24) is 9.80 Å². The zero-order chi connectivity index (χ0) is 12.0. The number of rotatable bonds is 3. The minimum atomic E-state index is 0. The molecule has 17 heavy (non-hydrogen) atoms. The Morgan fingerprint density at radius 1 is 1.53 bits per heavy atom. The molecule has 0 aliphatic carbocycles. The first-order valence-corrected chi connectivity index (χ1v) is 5.76. The molecule has 0 N–H and O–H groups in total. The average molecular weight is 357 g/mol. The number of aliphatic imine (C=N–C) groups is 1. The minimum Gasteiger partial charge on any atom is -0.382 e. The Bertz CT molecular complexity index is 235. The van der Waals surface area contributed by atoms with Gasteiger partial charge in [-0.15, -0.1) is 24.0 Å². The van der Waals surface area contributed by atoms with Gasteiger partial charge in [0.25, 0.3) is 0 Å². The van der Waals surface area contributed by atoms with E-state index >= 15 is 0 Å². The molecule has 1 atom stereocenters. The summed E-state index contributed by atoms with van der Waals surface area (Å²) < 4.78 is 10.7. The molecule has 6 heteroatoms. The monoisotopic (exact) mass is 357 g/mol. The number of halogens is 1. The summed E-state index contributed by atoms with van der Waals surface area (Å²) in [6.07, 6.45) is 0.153. The van der Waals surface area contributed by atoms with E-state index in [1.807, 2.05) is 14.1 Å². The van der Waals surface area contributed by atoms with Gasteiger partial charge in [0.15, 0.2) is 5.96 Å². The molecule has 0 radical (unpaired) electrons. The zero-order valence-corrected chi connectivity index (χ0v) is 13.5. The summed E-state index contributed by atoms with van der Waals surface area (Å²) in [6.45, 7) is 5.99. The normalized spacial score (nSPS) is 21.1. The van der Waals surface area contributed by atoms with E-state index in [1.165, 1.54) is 0 Å². The quantitative estimate of drug-likeness (QED) is 0.427. The highest BCUT2D eigenvalue weighted by atomic mass is 127. The fraction of sp³-hybridized carbons (Fsp3) is 0.909. The van der Waals surface area contributed by atoms with Crippen LogP contribution >= 0.6 is 24.0 Å². The van der Waals surface area contributed by atoms with Gasteiger partial charge in [0, 0.05) is 40.8 Å². The molecule has 0 aromatic heterocycles. The van der Waals surface area contributed by atoms with E-state index in [0.717, 1.165) is 32.2 Å². The van der Waals surface area contributed by atoms with Gasteiger partial charge in [-0.1, -0.05) is 0 Å². The van der Waals surface area contributed by atoms with Crippen LogP contribution in [0.15, 0.2) is 4.99 Å². The van der Waals surface area contributed by atoms with Gasteiger partial charge < -0.3 is 19.3 Å². The number of methoxy groups -OCH3 is 1. The Labute approximate surface area is 121 Å². The minimum absolute atomic E-state index is 0. The second-order valence-corrected chi connectivity index (χ2v) is 4.06. The largest absolute Gasteiger partial charge is 0.382 e. The van der Waals surface area contributed by atoms with Gasteiger partial charge >= 0.3 is 0 Å². The zero-order valence-electron chi connectivity index (χ0n) is 11.2. The molecule has 1 aliphatic rings. The molecule has 1 saturated heterocycles. The highest BCUT2D eigenvalue weighted by Crippen LogP contribution is 2.07. The lowest BCUT2D eigenvalue weighted by molar-refractivity contribution is -0.0459. The van der Waals surface area contributed by atoms with E-state index in [-0.39, 0.29) is 30.1 Å². The Balaban J connectivity index is 0.00000256. The molecule has 0 spiro atoms. The maximum absolute atomic E-state index is 5.62. The summed E-state index contributed by atoms with van der Waals surface area (Å²) in [5.74, 6) is 1.03. The molecule has 0 bridgehead atoms. The van der Waals surface area contributed by atoms with Crippen molar-refractivity contribution in [2.45, 2.75) is 13.0 Å². The number of nitrogens with zero attached hydrogens (tertiary/aromatic N) is 3. The van der Waals surface area contributed by atoms with Crippen molar-refractivity contribution in [3.8, 4) is 0 Å². The Hall–Kier alpha value is -0.0800. The maximum Gasteiger partial charge on any atom is 0.196 e. The van der Waals surface area contributed by atoms with Crippen molar-refractivity contribution < 1.29 is 9.47 Å². The summed E-state index contributed by atoms with van der Waals surface area (Å²) in [6, 6.07) is 0. The second-order valence-electron chi connectivity index (χ2n) is 4.06. The molecule has 5 nitrogen and oxygen atoms in total. The van der Waals surface area contributed by atoms with Crippen molar-refractivity contribution in [3.05, 3.63) is 0 Å². The predicted molar refractivity (Wildman–Crippen MR) is 80.3 cm³/mol. The van der Waals surface area contributed by atoms with E-state index in [2.05, 4.69) is 21.7 Å². The highest BCUT2D eigenvalue weighted by molar-refractivity contribution is 14.0. The predicted octanol–water partition coefficient (Wildman–Crippen LogP) is 0.889. The number of hydrogen-bond donors (Lipinski definition) is 0. The maximum atomic E-state index is 5.62. The molecule has 1 heterocycles. The molecule has 102 valence electrons. The third kappa shape index (κ3) is 5.39. The highest BCUT2D eigenvalue weighted by Gasteiger charge is 2.23. The van der Waals surface area contributed by atoms with Gasteiger partial charge in [-0.25, -0.2) is 0 Å². The lowest BCUT2D eigenvalue weighted by Gasteiger charge is -2.36. The number of ether oxygens (including phenoxy) is 2. The first-order chi connectivity index (χ1) is 7.69. The van der Waals surface area contributed by atoms with Crippen LogP contribution in [-0.2, 0) is 9.47 Å². The molecule has 1 rings (SSSR count). The van der Waals surface area contributed by atoms with Crippen LogP contribution in [0.2, 0.25) is 0 Å². The SMILES string of the molecule is CCN=C(N(C)C)N1CCOC(COC)C1.I. The van der Waals surface area contributed by atoms with Crippen LogP contribution in [0.5, 0.6) is 0 Å². The van der Waals surface area contributed by atoms with Crippen LogP contribution in [0.25, 0.3) is 0 Å². The smallest absolute Gasteiger partial charge is 0.196 e. The summed E-state index contributed by atoms with van der Waals surface area (Å²) in [4.78, 5) is 8.83. The van der Waals surface area contributed by atoms with Crippen LogP contribution in [0.3, 0.4) is 0 Å². The van der Waals surface area contributed by atoms with Crippen LogP contribution in [0, 0.1) is 0 Å². The Morgan fingerprint density at radius 2 is 2.24 bits per heavy atom. The van der Waals surface area contributed by atoms with Crippen LogP contribution < -0.4 is 0 Å². The number of morpholine rings is 1. The third-order valence-corrected chi connectivity index (χ3v) is 2.47. The van der Waals surface area contributed by atoms with Crippen molar-refractivity contribution in [2.24, 2.45) is 4.99 Å². The first kappa shape index (κ1) is 16.9. The van der Waals surface area contributed by atoms with Crippen molar-refractivity contribution in [2.75, 3.05) is 54.1 Å². The lowest BCUT2D eigenvalue weighted by atomic mass is 10.3. The molecular formula is C11H24IN3O2. The van der Waals surface area contributed by atoms with Gasteiger partial charge in [0.05, 0.1) is 19.3 Å². The molecule has 0 saturated carbocycles. The first-order valence-electron chi connectivity index (χ1n) is 5.76. The summed E-state index contributed by atoms with van der Waals surface area (Å²) in [7, 11) is 5.75. The molecule has 1 fully saturated rings. The molecule has 1 unspecified atom stereocenters. The van der Waals surface area contributed by atoms with E-state index < -0.39 is 0 Å². The van der Waals surface area contributed by atoms with E-state index in [4.69, 9.17) is 9.47 Å². The number of hydrogen-bond acceptors (Lipinski definition) is 3. The Kier molecular flexibility index (Phi) is 8.89. The summed E-state index contributed by atoms with van der Waals surface area (Å²) in [5, 5.41) is 0. The summed E-state index contributed by atoms with van der Waals surface area (Å²) >= 11 is 0. The van der Waals surface area contributed by atoms with Crippen molar-refractivity contribution in [3.63, 3.8) is 0 Å².